The molecule has 0 unspecified atom stereocenters. The molecule has 1 N–H and O–H groups in total. The molecular formula is C14H21NO. The van der Waals surface area contributed by atoms with Crippen LogP contribution in [0.1, 0.15) is 34.2 Å². The molecule has 1 aromatic carbocycles. The molecule has 2 nitrogen and oxygen atoms in total. The second-order valence-electron chi connectivity index (χ2n) is 4.82. The first-order chi connectivity index (χ1) is 7.47. The highest BCUT2D eigenvalue weighted by atomic mass is 16.1. The predicted octanol–water partition coefficient (Wildman–Crippen LogP) is 3.25. The number of rotatable bonds is 3. The second-order valence-corrected chi connectivity index (χ2v) is 4.82. The minimum absolute atomic E-state index is 0. The lowest BCUT2D eigenvalue weighted by molar-refractivity contribution is -0.121. The van der Waals surface area contributed by atoms with Gasteiger partial charge in [-0.1, -0.05) is 42.5 Å². The Hall–Kier alpha value is -1.57. The molecule has 16 heavy (non-hydrogen) atoms. The molecular weight excluding hydrogens is 198 g/mol. The fourth-order valence-corrected chi connectivity index (χ4v) is 1.34. The molecule has 1 aromatic rings. The summed E-state index contributed by atoms with van der Waals surface area (Å²) in [6, 6.07) is 9.96. The van der Waals surface area contributed by atoms with Crippen LogP contribution in [0.4, 0.5) is 0 Å². The van der Waals surface area contributed by atoms with Crippen LogP contribution in [0.2, 0.25) is 0 Å². The highest BCUT2D eigenvalue weighted by Gasteiger charge is 2.11. The standard InChI is InChI=1S/C14H19NO.H2/c1-14(2,3)15-13(16)11-7-10-12-8-5-4-6-9-12;/h4-10H,11H2,1-3H3,(H,15,16);1H/b10-7+;. The summed E-state index contributed by atoms with van der Waals surface area (Å²) >= 11 is 0. The molecule has 0 heterocycles. The minimum atomic E-state index is -0.155. The Kier molecular flexibility index (Phi) is 4.29. The first-order valence-electron chi connectivity index (χ1n) is 5.50. The third kappa shape index (κ3) is 5.35. The van der Waals surface area contributed by atoms with Gasteiger partial charge in [-0.3, -0.25) is 4.79 Å². The van der Waals surface area contributed by atoms with Gasteiger partial charge in [-0.15, -0.1) is 0 Å². The van der Waals surface area contributed by atoms with Gasteiger partial charge in [0, 0.05) is 13.4 Å². The van der Waals surface area contributed by atoms with Crippen molar-refractivity contribution in [2.24, 2.45) is 0 Å². The van der Waals surface area contributed by atoms with E-state index < -0.39 is 0 Å². The Balaban J connectivity index is 0.00000256. The molecule has 88 valence electrons. The molecule has 0 radical (unpaired) electrons. The van der Waals surface area contributed by atoms with E-state index in [0.717, 1.165) is 5.56 Å². The fraction of sp³-hybridized carbons (Fsp3) is 0.357. The van der Waals surface area contributed by atoms with Crippen molar-refractivity contribution in [3.8, 4) is 0 Å². The van der Waals surface area contributed by atoms with E-state index in [1.54, 1.807) is 0 Å². The summed E-state index contributed by atoms with van der Waals surface area (Å²) in [4.78, 5) is 11.5. The Morgan fingerprint density at radius 3 is 2.50 bits per heavy atom. The summed E-state index contributed by atoms with van der Waals surface area (Å²) < 4.78 is 0. The van der Waals surface area contributed by atoms with E-state index in [0.29, 0.717) is 6.42 Å². The SMILES string of the molecule is CC(C)(C)NC(=O)C/C=C/c1ccccc1.[HH]. The number of nitrogens with one attached hydrogen (secondary N) is 1. The zero-order valence-corrected chi connectivity index (χ0v) is 10.2. The van der Waals surface area contributed by atoms with Crippen LogP contribution in [0.25, 0.3) is 6.08 Å². The lowest BCUT2D eigenvalue weighted by atomic mass is 10.1. The fourth-order valence-electron chi connectivity index (χ4n) is 1.34. The number of amides is 1. The normalized spacial score (nSPS) is 11.7. The van der Waals surface area contributed by atoms with Gasteiger partial charge >= 0.3 is 0 Å². The van der Waals surface area contributed by atoms with Gasteiger partial charge in [0.05, 0.1) is 0 Å². The Morgan fingerprint density at radius 2 is 1.94 bits per heavy atom. The van der Waals surface area contributed by atoms with Gasteiger partial charge in [-0.05, 0) is 26.3 Å². The third-order valence-corrected chi connectivity index (χ3v) is 1.93. The van der Waals surface area contributed by atoms with Crippen molar-refractivity contribution in [3.63, 3.8) is 0 Å². The third-order valence-electron chi connectivity index (χ3n) is 1.93. The molecule has 0 aromatic heterocycles. The molecule has 2 heteroatoms. The monoisotopic (exact) mass is 219 g/mol. The lowest BCUT2D eigenvalue weighted by Gasteiger charge is -2.19. The van der Waals surface area contributed by atoms with E-state index in [2.05, 4.69) is 5.32 Å². The van der Waals surface area contributed by atoms with Crippen LogP contribution in [0.15, 0.2) is 36.4 Å². The van der Waals surface area contributed by atoms with Crippen molar-refractivity contribution in [2.75, 3.05) is 0 Å². The summed E-state index contributed by atoms with van der Waals surface area (Å²) in [6.07, 6.45) is 4.27. The molecule has 1 rings (SSSR count). The lowest BCUT2D eigenvalue weighted by Crippen LogP contribution is -2.40. The average molecular weight is 219 g/mol. The molecule has 0 aliphatic heterocycles. The molecule has 0 spiro atoms. The minimum Gasteiger partial charge on any atom is -0.351 e. The van der Waals surface area contributed by atoms with Gasteiger partial charge in [0.25, 0.3) is 0 Å². The van der Waals surface area contributed by atoms with E-state index in [-0.39, 0.29) is 12.9 Å². The maximum Gasteiger partial charge on any atom is 0.224 e. The van der Waals surface area contributed by atoms with Crippen molar-refractivity contribution in [3.05, 3.63) is 42.0 Å². The van der Waals surface area contributed by atoms with Crippen LogP contribution in [0.3, 0.4) is 0 Å². The Labute approximate surface area is 98.9 Å². The summed E-state index contributed by atoms with van der Waals surface area (Å²) in [5.41, 5.74) is 0.962. The van der Waals surface area contributed by atoms with Crippen LogP contribution in [0.5, 0.6) is 0 Å². The van der Waals surface area contributed by atoms with Gasteiger partial charge < -0.3 is 5.32 Å². The van der Waals surface area contributed by atoms with Crippen molar-refractivity contribution in [2.45, 2.75) is 32.7 Å². The number of hydrogen-bond donors (Lipinski definition) is 1. The first-order valence-corrected chi connectivity index (χ1v) is 5.50. The van der Waals surface area contributed by atoms with Crippen LogP contribution < -0.4 is 5.32 Å². The van der Waals surface area contributed by atoms with Crippen LogP contribution in [0, 0.1) is 0 Å². The maximum absolute atomic E-state index is 11.5. The molecule has 0 aliphatic rings. The molecule has 0 saturated heterocycles. The van der Waals surface area contributed by atoms with Crippen LogP contribution >= 0.6 is 0 Å². The van der Waals surface area contributed by atoms with E-state index in [1.165, 1.54) is 0 Å². The number of carbonyl (C=O) groups excluding carboxylic acids is 1. The Bertz CT molecular complexity index is 366. The Morgan fingerprint density at radius 1 is 1.31 bits per heavy atom. The molecule has 0 bridgehead atoms. The summed E-state index contributed by atoms with van der Waals surface area (Å²) in [5.74, 6) is 0.0553. The second kappa shape index (κ2) is 5.50. The molecule has 0 atom stereocenters. The van der Waals surface area contributed by atoms with E-state index in [4.69, 9.17) is 0 Å². The predicted molar refractivity (Wildman–Crippen MR) is 70.1 cm³/mol. The number of hydrogen-bond acceptors (Lipinski definition) is 1. The average Bonchev–Trinajstić information content (AvgIpc) is 2.16. The summed E-state index contributed by atoms with van der Waals surface area (Å²) in [7, 11) is 0. The summed E-state index contributed by atoms with van der Waals surface area (Å²) in [6.45, 7) is 5.93. The van der Waals surface area contributed by atoms with E-state index in [1.807, 2.05) is 63.3 Å². The van der Waals surface area contributed by atoms with Crippen molar-refractivity contribution in [1.29, 1.82) is 0 Å². The maximum atomic E-state index is 11.5. The molecule has 1 amide bonds. The highest BCUT2D eigenvalue weighted by molar-refractivity contribution is 5.79. The zero-order chi connectivity index (χ0) is 12.0. The quantitative estimate of drug-likeness (QED) is 0.830. The van der Waals surface area contributed by atoms with Crippen molar-refractivity contribution >= 4 is 12.0 Å². The van der Waals surface area contributed by atoms with Crippen molar-refractivity contribution in [1.82, 2.24) is 5.32 Å². The van der Waals surface area contributed by atoms with E-state index >= 15 is 0 Å². The van der Waals surface area contributed by atoms with Crippen LogP contribution in [-0.2, 0) is 4.79 Å². The van der Waals surface area contributed by atoms with Crippen LogP contribution in [-0.4, -0.2) is 11.4 Å². The molecule has 0 saturated carbocycles. The van der Waals surface area contributed by atoms with Gasteiger partial charge in [0.15, 0.2) is 0 Å². The highest BCUT2D eigenvalue weighted by Crippen LogP contribution is 2.03. The van der Waals surface area contributed by atoms with E-state index in [9.17, 15) is 4.79 Å². The smallest absolute Gasteiger partial charge is 0.224 e. The largest absolute Gasteiger partial charge is 0.351 e. The topological polar surface area (TPSA) is 29.1 Å². The zero-order valence-electron chi connectivity index (χ0n) is 10.2. The van der Waals surface area contributed by atoms with Gasteiger partial charge in [0.1, 0.15) is 0 Å². The number of benzene rings is 1. The van der Waals surface area contributed by atoms with Gasteiger partial charge in [-0.25, -0.2) is 0 Å². The van der Waals surface area contributed by atoms with Crippen molar-refractivity contribution < 1.29 is 6.22 Å². The number of carbonyl (C=O) groups is 1. The molecule has 0 fully saturated rings. The van der Waals surface area contributed by atoms with Gasteiger partial charge in [0.2, 0.25) is 5.91 Å². The van der Waals surface area contributed by atoms with Gasteiger partial charge in [-0.2, -0.15) is 0 Å². The first kappa shape index (κ1) is 12.5. The summed E-state index contributed by atoms with van der Waals surface area (Å²) in [5, 5.41) is 2.92. The molecule has 0 aliphatic carbocycles.